The fourth-order valence-corrected chi connectivity index (χ4v) is 2.31. The number of rotatable bonds is 5. The Balaban J connectivity index is 1.88. The van der Waals surface area contributed by atoms with Gasteiger partial charge >= 0.3 is 0 Å². The highest BCUT2D eigenvalue weighted by atomic mass is 79.9. The normalized spacial score (nSPS) is 10.8. The smallest absolute Gasteiger partial charge is 0.185 e. The highest BCUT2D eigenvalue weighted by Crippen LogP contribution is 2.17. The van der Waals surface area contributed by atoms with Gasteiger partial charge in [0.15, 0.2) is 5.78 Å². The van der Waals surface area contributed by atoms with Crippen LogP contribution in [0.5, 0.6) is 0 Å². The average Bonchev–Trinajstić information content (AvgIpc) is 2.46. The first-order valence-electron chi connectivity index (χ1n) is 6.26. The Kier molecular flexibility index (Phi) is 5.10. The molecule has 19 heavy (non-hydrogen) atoms. The number of hydrogen-bond acceptors (Lipinski definition) is 1. The first-order chi connectivity index (χ1) is 9.27. The predicted octanol–water partition coefficient (Wildman–Crippen LogP) is 4.82. The zero-order chi connectivity index (χ0) is 13.5. The molecule has 1 nitrogen and oxygen atoms in total. The summed E-state index contributed by atoms with van der Waals surface area (Å²) in [6, 6.07) is 17.5. The topological polar surface area (TPSA) is 17.1 Å². The maximum absolute atomic E-state index is 11.8. The quantitative estimate of drug-likeness (QED) is 0.571. The number of halogens is 1. The minimum atomic E-state index is 0.0627. The van der Waals surface area contributed by atoms with E-state index in [1.165, 1.54) is 5.56 Å². The highest BCUT2D eigenvalue weighted by molar-refractivity contribution is 9.10. The van der Waals surface area contributed by atoms with Crippen LogP contribution in [0.3, 0.4) is 0 Å². The molecule has 0 atom stereocenters. The van der Waals surface area contributed by atoms with Crippen molar-refractivity contribution in [3.8, 4) is 0 Å². The molecule has 96 valence electrons. The number of aryl methyl sites for hydroxylation is 1. The molecule has 0 fully saturated rings. The summed E-state index contributed by atoms with van der Waals surface area (Å²) >= 11 is 3.52. The van der Waals surface area contributed by atoms with Crippen LogP contribution >= 0.6 is 15.9 Å². The van der Waals surface area contributed by atoms with Gasteiger partial charge in [-0.05, 0) is 30.5 Å². The van der Waals surface area contributed by atoms with Gasteiger partial charge in [0.25, 0.3) is 0 Å². The van der Waals surface area contributed by atoms with Crippen molar-refractivity contribution in [1.29, 1.82) is 0 Å². The van der Waals surface area contributed by atoms with Crippen molar-refractivity contribution >= 4 is 21.7 Å². The molecule has 0 spiro atoms. The Morgan fingerprint density at radius 3 is 2.42 bits per heavy atom. The van der Waals surface area contributed by atoms with Crippen molar-refractivity contribution in [2.45, 2.75) is 12.8 Å². The van der Waals surface area contributed by atoms with Crippen LogP contribution in [0.1, 0.15) is 22.3 Å². The second-order valence-electron chi connectivity index (χ2n) is 4.26. The van der Waals surface area contributed by atoms with E-state index < -0.39 is 0 Å². The summed E-state index contributed by atoms with van der Waals surface area (Å²) in [7, 11) is 0. The molecule has 0 aliphatic carbocycles. The Labute approximate surface area is 122 Å². The molecule has 2 aromatic rings. The molecule has 2 heteroatoms. The summed E-state index contributed by atoms with van der Waals surface area (Å²) in [5.41, 5.74) is 2.00. The maximum atomic E-state index is 11.8. The minimum Gasteiger partial charge on any atom is -0.289 e. The summed E-state index contributed by atoms with van der Waals surface area (Å²) in [6.07, 6.45) is 5.39. The van der Waals surface area contributed by atoms with Crippen molar-refractivity contribution in [2.24, 2.45) is 0 Å². The van der Waals surface area contributed by atoms with Crippen molar-refractivity contribution in [2.75, 3.05) is 0 Å². The van der Waals surface area contributed by atoms with Crippen LogP contribution in [0.25, 0.3) is 0 Å². The van der Waals surface area contributed by atoms with Gasteiger partial charge in [0.1, 0.15) is 0 Å². The lowest BCUT2D eigenvalue weighted by Gasteiger charge is -2.01. The molecule has 2 aromatic carbocycles. The van der Waals surface area contributed by atoms with E-state index in [2.05, 4.69) is 22.0 Å². The van der Waals surface area contributed by atoms with Gasteiger partial charge in [-0.3, -0.25) is 4.79 Å². The molecule has 0 N–H and O–H groups in total. The molecule has 2 rings (SSSR count). The molecule has 0 aromatic heterocycles. The number of hydrogen-bond donors (Lipinski definition) is 0. The zero-order valence-corrected chi connectivity index (χ0v) is 12.1. The number of carbonyl (C=O) groups excluding carboxylic acids is 1. The van der Waals surface area contributed by atoms with E-state index in [4.69, 9.17) is 0 Å². The number of benzene rings is 2. The van der Waals surface area contributed by atoms with Gasteiger partial charge in [0.05, 0.1) is 0 Å². The van der Waals surface area contributed by atoms with Crippen LogP contribution in [-0.4, -0.2) is 5.78 Å². The van der Waals surface area contributed by atoms with E-state index in [9.17, 15) is 4.79 Å². The molecule has 0 unspecified atom stereocenters. The van der Waals surface area contributed by atoms with Gasteiger partial charge in [0, 0.05) is 10.0 Å². The highest BCUT2D eigenvalue weighted by Gasteiger charge is 1.99. The largest absolute Gasteiger partial charge is 0.289 e. The number of allylic oxidation sites excluding steroid dienone is 2. The summed E-state index contributed by atoms with van der Waals surface area (Å²) < 4.78 is 1.12. The second kappa shape index (κ2) is 7.05. The Hall–Kier alpha value is -1.67. The second-order valence-corrected chi connectivity index (χ2v) is 5.12. The van der Waals surface area contributed by atoms with E-state index >= 15 is 0 Å². The first kappa shape index (κ1) is 13.8. The Morgan fingerprint density at radius 2 is 1.68 bits per heavy atom. The van der Waals surface area contributed by atoms with Gasteiger partial charge in [-0.1, -0.05) is 70.5 Å². The van der Waals surface area contributed by atoms with E-state index in [0.717, 1.165) is 22.9 Å². The van der Waals surface area contributed by atoms with E-state index in [-0.39, 0.29) is 5.78 Å². The molecule has 0 aliphatic heterocycles. The van der Waals surface area contributed by atoms with Crippen LogP contribution in [0.15, 0.2) is 71.2 Å². The average molecular weight is 315 g/mol. The molecule has 0 heterocycles. The third-order valence-corrected chi connectivity index (χ3v) is 3.64. The van der Waals surface area contributed by atoms with Crippen LogP contribution < -0.4 is 0 Å². The lowest BCUT2D eigenvalue weighted by Crippen LogP contribution is -1.93. The SMILES string of the molecule is O=C(/C=C/CCc1ccccc1Br)c1ccccc1. The van der Waals surface area contributed by atoms with Crippen molar-refractivity contribution < 1.29 is 4.79 Å². The first-order valence-corrected chi connectivity index (χ1v) is 7.06. The van der Waals surface area contributed by atoms with Crippen molar-refractivity contribution in [3.63, 3.8) is 0 Å². The van der Waals surface area contributed by atoms with Crippen LogP contribution in [0.2, 0.25) is 0 Å². The summed E-state index contributed by atoms with van der Waals surface area (Å²) in [5.74, 6) is 0.0627. The fraction of sp³-hybridized carbons (Fsp3) is 0.118. The Bertz CT molecular complexity index is 573. The third-order valence-electron chi connectivity index (χ3n) is 2.87. The van der Waals surface area contributed by atoms with Crippen molar-refractivity contribution in [1.82, 2.24) is 0 Å². The summed E-state index contributed by atoms with van der Waals surface area (Å²) in [6.45, 7) is 0. The molecular weight excluding hydrogens is 300 g/mol. The summed E-state index contributed by atoms with van der Waals surface area (Å²) in [4.78, 5) is 11.8. The van der Waals surface area contributed by atoms with Crippen LogP contribution in [-0.2, 0) is 6.42 Å². The fourth-order valence-electron chi connectivity index (χ4n) is 1.83. The molecule has 0 amide bonds. The molecule has 0 bridgehead atoms. The number of carbonyl (C=O) groups is 1. The van der Waals surface area contributed by atoms with Crippen molar-refractivity contribution in [3.05, 3.63) is 82.3 Å². The van der Waals surface area contributed by atoms with Gasteiger partial charge in [-0.2, -0.15) is 0 Å². The Morgan fingerprint density at radius 1 is 1.00 bits per heavy atom. The van der Waals surface area contributed by atoms with Gasteiger partial charge in [-0.25, -0.2) is 0 Å². The standard InChI is InChI=1S/C17H15BrO/c18-16-12-6-4-8-14(16)9-5-7-13-17(19)15-10-2-1-3-11-15/h1-4,6-8,10-13H,5,9H2/b13-7+. The molecule has 0 aliphatic rings. The number of ketones is 1. The third kappa shape index (κ3) is 4.18. The van der Waals surface area contributed by atoms with E-state index in [1.54, 1.807) is 6.08 Å². The monoisotopic (exact) mass is 314 g/mol. The molecule has 0 saturated heterocycles. The van der Waals surface area contributed by atoms with Gasteiger partial charge in [-0.15, -0.1) is 0 Å². The molecular formula is C17H15BrO. The lowest BCUT2D eigenvalue weighted by atomic mass is 10.1. The van der Waals surface area contributed by atoms with Gasteiger partial charge in [0.2, 0.25) is 0 Å². The minimum absolute atomic E-state index is 0.0627. The maximum Gasteiger partial charge on any atom is 0.185 e. The molecule has 0 saturated carbocycles. The summed E-state index contributed by atoms with van der Waals surface area (Å²) in [5, 5.41) is 0. The lowest BCUT2D eigenvalue weighted by molar-refractivity contribution is 0.104. The van der Waals surface area contributed by atoms with E-state index in [0.29, 0.717) is 0 Å². The molecule has 0 radical (unpaired) electrons. The van der Waals surface area contributed by atoms with E-state index in [1.807, 2.05) is 54.6 Å². The van der Waals surface area contributed by atoms with Crippen LogP contribution in [0, 0.1) is 0 Å². The zero-order valence-electron chi connectivity index (χ0n) is 10.6. The predicted molar refractivity (Wildman–Crippen MR) is 82.4 cm³/mol. The van der Waals surface area contributed by atoms with Crippen LogP contribution in [0.4, 0.5) is 0 Å². The van der Waals surface area contributed by atoms with Gasteiger partial charge < -0.3 is 0 Å².